The molecule has 24 heavy (non-hydrogen) atoms. The fourth-order valence-corrected chi connectivity index (χ4v) is 2.15. The minimum absolute atomic E-state index is 0.445. The molecule has 0 atom stereocenters. The van der Waals surface area contributed by atoms with E-state index in [9.17, 15) is 0 Å². The van der Waals surface area contributed by atoms with Crippen LogP contribution >= 0.6 is 0 Å². The molecule has 3 aromatic rings. The second kappa shape index (κ2) is 7.87. The number of rotatable bonds is 6. The summed E-state index contributed by atoms with van der Waals surface area (Å²) in [6.45, 7) is 2.42. The first-order chi connectivity index (χ1) is 11.9. The smallest absolute Gasteiger partial charge is 0.259 e. The summed E-state index contributed by atoms with van der Waals surface area (Å²) in [4.78, 5) is 8.99. The van der Waals surface area contributed by atoms with Crippen LogP contribution < -0.4 is 10.2 Å². The van der Waals surface area contributed by atoms with Gasteiger partial charge in [0.05, 0.1) is 17.6 Å². The molecule has 0 saturated carbocycles. The first kappa shape index (κ1) is 15.7. The van der Waals surface area contributed by atoms with E-state index in [1.165, 1.54) is 0 Å². The van der Waals surface area contributed by atoms with Gasteiger partial charge in [-0.1, -0.05) is 48.5 Å². The van der Waals surface area contributed by atoms with Crippen LogP contribution in [0.1, 0.15) is 12.5 Å². The van der Waals surface area contributed by atoms with Crippen molar-refractivity contribution in [3.05, 3.63) is 66.2 Å². The molecule has 3 rings (SSSR count). The van der Waals surface area contributed by atoms with E-state index >= 15 is 0 Å². The first-order valence-electron chi connectivity index (χ1n) is 7.77. The molecule has 0 fully saturated rings. The van der Waals surface area contributed by atoms with Gasteiger partial charge in [0, 0.05) is 6.21 Å². The molecule has 0 bridgehead atoms. The lowest BCUT2D eigenvalue weighted by Gasteiger charge is -2.08. The van der Waals surface area contributed by atoms with E-state index in [1.807, 2.05) is 73.7 Å². The third-order valence-corrected chi connectivity index (χ3v) is 3.24. The van der Waals surface area contributed by atoms with Gasteiger partial charge in [0.2, 0.25) is 5.82 Å². The van der Waals surface area contributed by atoms with Gasteiger partial charge in [-0.25, -0.2) is 9.97 Å². The Hall–Kier alpha value is -3.21. The van der Waals surface area contributed by atoms with Crippen molar-refractivity contribution in [2.75, 3.05) is 12.0 Å². The largest absolute Gasteiger partial charge is 0.475 e. The molecule has 0 aliphatic rings. The van der Waals surface area contributed by atoms with Crippen LogP contribution in [0.5, 0.6) is 5.88 Å². The predicted molar refractivity (Wildman–Crippen MR) is 98.3 cm³/mol. The summed E-state index contributed by atoms with van der Waals surface area (Å²) in [6, 6.07) is 17.7. The Morgan fingerprint density at radius 2 is 1.71 bits per heavy atom. The zero-order valence-electron chi connectivity index (χ0n) is 13.4. The summed E-state index contributed by atoms with van der Waals surface area (Å²) in [5, 5.41) is 4.16. The molecule has 5 nitrogen and oxygen atoms in total. The number of hydrogen-bond acceptors (Lipinski definition) is 5. The lowest BCUT2D eigenvalue weighted by atomic mass is 10.2. The van der Waals surface area contributed by atoms with E-state index in [0.717, 1.165) is 16.6 Å². The number of anilines is 1. The number of nitrogens with one attached hydrogen (secondary N) is 1. The van der Waals surface area contributed by atoms with Gasteiger partial charge in [0.15, 0.2) is 0 Å². The predicted octanol–water partition coefficient (Wildman–Crippen LogP) is 4.14. The van der Waals surface area contributed by atoms with Gasteiger partial charge in [-0.2, -0.15) is 5.10 Å². The highest BCUT2D eigenvalue weighted by Gasteiger charge is 2.08. The molecular formula is C19H18N4O. The van der Waals surface area contributed by atoms with Crippen LogP contribution in [0, 0.1) is 0 Å². The van der Waals surface area contributed by atoms with Crippen LogP contribution in [-0.4, -0.2) is 22.8 Å². The van der Waals surface area contributed by atoms with Crippen molar-refractivity contribution in [3.63, 3.8) is 0 Å². The summed E-state index contributed by atoms with van der Waals surface area (Å²) in [7, 11) is 0. The van der Waals surface area contributed by atoms with Crippen LogP contribution in [0.25, 0.3) is 17.1 Å². The Morgan fingerprint density at radius 3 is 2.46 bits per heavy atom. The Morgan fingerprint density at radius 1 is 1.00 bits per heavy atom. The zero-order valence-corrected chi connectivity index (χ0v) is 13.4. The third kappa shape index (κ3) is 3.95. The van der Waals surface area contributed by atoms with Crippen LogP contribution in [-0.2, 0) is 0 Å². The molecule has 2 aromatic carbocycles. The molecule has 1 N–H and O–H groups in total. The Balaban J connectivity index is 1.75. The maximum absolute atomic E-state index is 5.54. The third-order valence-electron chi connectivity index (χ3n) is 3.24. The number of hydrogen-bond donors (Lipinski definition) is 1. The molecule has 0 amide bonds. The first-order valence-corrected chi connectivity index (χ1v) is 7.77. The van der Waals surface area contributed by atoms with Gasteiger partial charge < -0.3 is 4.74 Å². The van der Waals surface area contributed by atoms with Gasteiger partial charge in [-0.3, -0.25) is 5.43 Å². The standard InChI is InChI=1S/C19H18N4O/c1-2-24-19-18(21-16-12-6-7-13-17(16)22-19)23-20-14-8-11-15-9-4-3-5-10-15/h3-14H,2H2,1H3,(H,21,23). The van der Waals surface area contributed by atoms with E-state index in [4.69, 9.17) is 4.74 Å². The molecule has 0 saturated heterocycles. The molecule has 1 aromatic heterocycles. The highest BCUT2D eigenvalue weighted by atomic mass is 16.5. The summed E-state index contributed by atoms with van der Waals surface area (Å²) < 4.78 is 5.54. The number of hydrazone groups is 1. The fraction of sp³-hybridized carbons (Fsp3) is 0.105. The molecule has 120 valence electrons. The monoisotopic (exact) mass is 318 g/mol. The molecule has 5 heteroatoms. The Labute approximate surface area is 140 Å². The van der Waals surface area contributed by atoms with Crippen LogP contribution in [0.3, 0.4) is 0 Å². The lowest BCUT2D eigenvalue weighted by molar-refractivity contribution is 0.328. The summed E-state index contributed by atoms with van der Waals surface area (Å²) in [5.74, 6) is 0.945. The van der Waals surface area contributed by atoms with Crippen molar-refractivity contribution in [3.8, 4) is 5.88 Å². The zero-order chi connectivity index (χ0) is 16.6. The molecule has 0 spiro atoms. The highest BCUT2D eigenvalue weighted by Crippen LogP contribution is 2.23. The highest BCUT2D eigenvalue weighted by molar-refractivity contribution is 5.80. The summed E-state index contributed by atoms with van der Waals surface area (Å²) in [6.07, 6.45) is 5.50. The molecule has 0 aliphatic carbocycles. The topological polar surface area (TPSA) is 59.4 Å². The number of benzene rings is 2. The summed E-state index contributed by atoms with van der Waals surface area (Å²) >= 11 is 0. The van der Waals surface area contributed by atoms with Crippen molar-refractivity contribution in [1.29, 1.82) is 0 Å². The van der Waals surface area contributed by atoms with E-state index < -0.39 is 0 Å². The number of ether oxygens (including phenoxy) is 1. The van der Waals surface area contributed by atoms with Gasteiger partial charge in [0.25, 0.3) is 5.88 Å². The maximum Gasteiger partial charge on any atom is 0.259 e. The minimum atomic E-state index is 0.445. The summed E-state index contributed by atoms with van der Waals surface area (Å²) in [5.41, 5.74) is 5.59. The molecule has 0 unspecified atom stereocenters. The van der Waals surface area contributed by atoms with Gasteiger partial charge in [-0.05, 0) is 30.7 Å². The van der Waals surface area contributed by atoms with E-state index in [1.54, 1.807) is 6.21 Å². The molecule has 0 radical (unpaired) electrons. The number of fused-ring (bicyclic) bond motifs is 1. The van der Waals surface area contributed by atoms with Gasteiger partial charge in [0.1, 0.15) is 0 Å². The SMILES string of the molecule is CCOc1nc2ccccc2nc1NN=CC=Cc1ccccc1. The molecule has 0 aliphatic heterocycles. The maximum atomic E-state index is 5.54. The second-order valence-electron chi connectivity index (χ2n) is 4.96. The van der Waals surface area contributed by atoms with E-state index in [0.29, 0.717) is 18.3 Å². The van der Waals surface area contributed by atoms with Crippen molar-refractivity contribution >= 4 is 29.1 Å². The van der Waals surface area contributed by atoms with Crippen LogP contribution in [0.15, 0.2) is 65.8 Å². The number of allylic oxidation sites excluding steroid dienone is 1. The Kier molecular flexibility index (Phi) is 5.14. The molecule has 1 heterocycles. The fourth-order valence-electron chi connectivity index (χ4n) is 2.15. The van der Waals surface area contributed by atoms with Crippen molar-refractivity contribution in [1.82, 2.24) is 9.97 Å². The van der Waals surface area contributed by atoms with Crippen molar-refractivity contribution in [2.24, 2.45) is 5.10 Å². The molecular weight excluding hydrogens is 300 g/mol. The second-order valence-corrected chi connectivity index (χ2v) is 4.96. The average Bonchev–Trinajstić information content (AvgIpc) is 2.63. The Bertz CT molecular complexity index is 860. The normalized spacial score (nSPS) is 11.4. The van der Waals surface area contributed by atoms with E-state index in [-0.39, 0.29) is 0 Å². The van der Waals surface area contributed by atoms with Crippen molar-refractivity contribution < 1.29 is 4.74 Å². The van der Waals surface area contributed by atoms with E-state index in [2.05, 4.69) is 20.5 Å². The quantitative estimate of drug-likeness (QED) is 0.548. The average molecular weight is 318 g/mol. The van der Waals surface area contributed by atoms with Gasteiger partial charge >= 0.3 is 0 Å². The number of nitrogens with zero attached hydrogens (tertiary/aromatic N) is 3. The van der Waals surface area contributed by atoms with Gasteiger partial charge in [-0.15, -0.1) is 0 Å². The minimum Gasteiger partial charge on any atom is -0.475 e. The number of aromatic nitrogens is 2. The number of para-hydroxylation sites is 2. The van der Waals surface area contributed by atoms with Crippen LogP contribution in [0.4, 0.5) is 5.82 Å². The van der Waals surface area contributed by atoms with Crippen LogP contribution in [0.2, 0.25) is 0 Å². The lowest BCUT2D eigenvalue weighted by Crippen LogP contribution is -2.02. The van der Waals surface area contributed by atoms with Crippen molar-refractivity contribution in [2.45, 2.75) is 6.92 Å².